The average molecular weight is 1250 g/mol. The molecule has 0 amide bonds. The molecular formula is C85H148O5. The molecule has 5 heteroatoms. The molecule has 0 spiro atoms. The number of aliphatic hydroxyl groups excluding tert-OH is 1. The van der Waals surface area contributed by atoms with Crippen molar-refractivity contribution >= 4 is 11.9 Å². The average Bonchev–Trinajstić information content (AvgIpc) is 3.62. The molecule has 0 rings (SSSR count). The summed E-state index contributed by atoms with van der Waals surface area (Å²) in [6.45, 7) is 3.96. The zero-order valence-electron chi connectivity index (χ0n) is 59.6. The molecule has 0 fully saturated rings. The van der Waals surface area contributed by atoms with Crippen LogP contribution in [0.1, 0.15) is 386 Å². The summed E-state index contributed by atoms with van der Waals surface area (Å²) >= 11 is 0. The van der Waals surface area contributed by atoms with E-state index in [4.69, 9.17) is 9.47 Å². The second-order valence-corrected chi connectivity index (χ2v) is 26.0. The molecule has 0 aliphatic heterocycles. The summed E-state index contributed by atoms with van der Waals surface area (Å²) in [5.74, 6) is -0.573. The topological polar surface area (TPSA) is 72.8 Å². The number of unbranched alkanes of at least 4 members (excludes halogenated alkanes) is 44. The van der Waals surface area contributed by atoms with Crippen LogP contribution in [-0.2, 0) is 19.1 Å². The normalized spacial score (nSPS) is 12.9. The SMILES string of the molecule is CC/C=C\C/C=C\C/C=C\C/C=C\C/C=C\C/C=C\CCCCCCCCCCCCCCCCCCCCC(=O)OC(CO)COC(=O)CCCCCCCCCCCCCCCCCCCCCCCCCCCC/C=C\C/C=C\C/C=C\C/C=C\CC. The molecule has 0 radical (unpaired) electrons. The first kappa shape index (κ1) is 86.3. The third-order valence-corrected chi connectivity index (χ3v) is 17.3. The van der Waals surface area contributed by atoms with Crippen molar-refractivity contribution in [1.29, 1.82) is 0 Å². The molecule has 0 aromatic rings. The molecule has 1 atom stereocenters. The molecule has 0 saturated heterocycles. The quantitative estimate of drug-likeness (QED) is 0.0373. The molecule has 0 aliphatic carbocycles. The van der Waals surface area contributed by atoms with E-state index in [0.717, 1.165) is 103 Å². The predicted octanol–water partition coefficient (Wildman–Crippen LogP) is 27.7. The molecular weight excluding hydrogens is 1100 g/mol. The molecule has 1 unspecified atom stereocenters. The molecule has 5 nitrogen and oxygen atoms in total. The highest BCUT2D eigenvalue weighted by molar-refractivity contribution is 5.70. The van der Waals surface area contributed by atoms with Crippen LogP contribution in [0, 0.1) is 0 Å². The number of aliphatic hydroxyl groups is 1. The Morgan fingerprint density at radius 3 is 0.667 bits per heavy atom. The molecule has 518 valence electrons. The lowest BCUT2D eigenvalue weighted by molar-refractivity contribution is -0.161. The smallest absolute Gasteiger partial charge is 0.306 e. The summed E-state index contributed by atoms with van der Waals surface area (Å²) in [7, 11) is 0. The van der Waals surface area contributed by atoms with Crippen LogP contribution in [0.3, 0.4) is 0 Å². The third-order valence-electron chi connectivity index (χ3n) is 17.3. The number of ether oxygens (including phenoxy) is 2. The van der Waals surface area contributed by atoms with Gasteiger partial charge in [0.15, 0.2) is 6.10 Å². The number of carbonyl (C=O) groups excluding carboxylic acids is 2. The van der Waals surface area contributed by atoms with Crippen molar-refractivity contribution in [2.45, 2.75) is 392 Å². The van der Waals surface area contributed by atoms with Crippen molar-refractivity contribution in [3.8, 4) is 0 Å². The molecule has 90 heavy (non-hydrogen) atoms. The Morgan fingerprint density at radius 1 is 0.256 bits per heavy atom. The van der Waals surface area contributed by atoms with Gasteiger partial charge in [0.1, 0.15) is 6.61 Å². The van der Waals surface area contributed by atoms with E-state index in [2.05, 4.69) is 135 Å². The third kappa shape index (κ3) is 76.8. The highest BCUT2D eigenvalue weighted by Gasteiger charge is 2.16. The maximum Gasteiger partial charge on any atom is 0.306 e. The van der Waals surface area contributed by atoms with Gasteiger partial charge in [-0.1, -0.05) is 392 Å². The molecule has 0 aromatic heterocycles. The van der Waals surface area contributed by atoms with E-state index in [9.17, 15) is 14.7 Å². The van der Waals surface area contributed by atoms with Gasteiger partial charge in [-0.3, -0.25) is 9.59 Å². The molecule has 1 N–H and O–H groups in total. The summed E-state index contributed by atoms with van der Waals surface area (Å²) in [6, 6.07) is 0. The van der Waals surface area contributed by atoms with E-state index in [1.807, 2.05) is 0 Å². The number of esters is 2. The number of rotatable bonds is 72. The van der Waals surface area contributed by atoms with Crippen LogP contribution >= 0.6 is 0 Å². The van der Waals surface area contributed by atoms with Crippen molar-refractivity contribution in [3.05, 3.63) is 122 Å². The van der Waals surface area contributed by atoms with Gasteiger partial charge < -0.3 is 14.6 Å². The van der Waals surface area contributed by atoms with E-state index < -0.39 is 6.10 Å². The summed E-state index contributed by atoms with van der Waals surface area (Å²) in [5.41, 5.74) is 0. The molecule has 0 aromatic carbocycles. The van der Waals surface area contributed by atoms with E-state index in [0.29, 0.717) is 12.8 Å². The minimum absolute atomic E-state index is 0.0640. The van der Waals surface area contributed by atoms with Crippen LogP contribution in [-0.4, -0.2) is 36.4 Å². The summed E-state index contributed by atoms with van der Waals surface area (Å²) in [6.07, 6.45) is 117. The summed E-state index contributed by atoms with van der Waals surface area (Å²) < 4.78 is 10.8. The number of allylic oxidation sites excluding steroid dienone is 20. The Balaban J connectivity index is 3.41. The van der Waals surface area contributed by atoms with Gasteiger partial charge in [-0.25, -0.2) is 0 Å². The second-order valence-electron chi connectivity index (χ2n) is 26.0. The zero-order valence-corrected chi connectivity index (χ0v) is 59.6. The molecule has 0 aliphatic rings. The van der Waals surface area contributed by atoms with Crippen molar-refractivity contribution < 1.29 is 24.2 Å². The standard InChI is InChI=1S/C85H148O5/c1-3-5-7-9-11-13-15-17-19-21-23-25-27-29-31-33-35-37-39-41-42-44-45-47-49-51-53-55-57-59-61-63-65-67-69-71-73-75-77-79-84(87)89-82-83(81-86)90-85(88)80-78-76-74-72-70-68-66-64-62-60-58-56-54-52-50-48-46-43-40-38-36-34-32-30-28-26-24-22-20-18-16-14-12-10-8-6-4-2/h5-8,11-14,17-20,23-26,30,32,36,38,83,86H,3-4,9-10,15-16,21-22,27-29,31,33-35,37,39-82H2,1-2H3/b7-5-,8-6-,13-11-,14-12-,19-17-,20-18-,25-23-,26-24-,32-30-,38-36-. The predicted molar refractivity (Wildman–Crippen MR) is 398 cm³/mol. The minimum Gasteiger partial charge on any atom is -0.462 e. The first-order valence-corrected chi connectivity index (χ1v) is 39.1. The Hall–Kier alpha value is -3.70. The van der Waals surface area contributed by atoms with E-state index >= 15 is 0 Å². The van der Waals surface area contributed by atoms with Crippen LogP contribution in [0.5, 0.6) is 0 Å². The first-order chi connectivity index (χ1) is 44.6. The number of hydrogen-bond acceptors (Lipinski definition) is 5. The van der Waals surface area contributed by atoms with E-state index in [-0.39, 0.29) is 25.2 Å². The van der Waals surface area contributed by atoms with Crippen molar-refractivity contribution in [2.24, 2.45) is 0 Å². The summed E-state index contributed by atoms with van der Waals surface area (Å²) in [5, 5.41) is 9.73. The Bertz CT molecular complexity index is 1750. The van der Waals surface area contributed by atoms with Crippen LogP contribution in [0.15, 0.2) is 122 Å². The fraction of sp³-hybridized carbons (Fsp3) is 0.741. The van der Waals surface area contributed by atoms with Gasteiger partial charge in [-0.15, -0.1) is 0 Å². The number of hydrogen-bond donors (Lipinski definition) is 1. The van der Waals surface area contributed by atoms with Gasteiger partial charge in [0.2, 0.25) is 0 Å². The van der Waals surface area contributed by atoms with Gasteiger partial charge in [0.25, 0.3) is 0 Å². The van der Waals surface area contributed by atoms with Crippen LogP contribution in [0.4, 0.5) is 0 Å². The molecule has 0 heterocycles. The van der Waals surface area contributed by atoms with Gasteiger partial charge >= 0.3 is 11.9 Å². The van der Waals surface area contributed by atoms with E-state index in [1.165, 1.54) is 257 Å². The highest BCUT2D eigenvalue weighted by atomic mass is 16.6. The van der Waals surface area contributed by atoms with Crippen molar-refractivity contribution in [3.63, 3.8) is 0 Å². The molecule has 0 bridgehead atoms. The van der Waals surface area contributed by atoms with E-state index in [1.54, 1.807) is 0 Å². The lowest BCUT2D eigenvalue weighted by Crippen LogP contribution is -2.28. The first-order valence-electron chi connectivity index (χ1n) is 39.1. The second kappa shape index (κ2) is 79.5. The maximum absolute atomic E-state index is 12.4. The van der Waals surface area contributed by atoms with Crippen LogP contribution in [0.25, 0.3) is 0 Å². The fourth-order valence-electron chi connectivity index (χ4n) is 11.5. The largest absolute Gasteiger partial charge is 0.462 e. The lowest BCUT2D eigenvalue weighted by atomic mass is 10.0. The van der Waals surface area contributed by atoms with Gasteiger partial charge in [0, 0.05) is 12.8 Å². The summed E-state index contributed by atoms with van der Waals surface area (Å²) in [4.78, 5) is 24.7. The van der Waals surface area contributed by atoms with Gasteiger partial charge in [-0.05, 0) is 103 Å². The van der Waals surface area contributed by atoms with Gasteiger partial charge in [0.05, 0.1) is 6.61 Å². The van der Waals surface area contributed by atoms with Gasteiger partial charge in [-0.2, -0.15) is 0 Å². The van der Waals surface area contributed by atoms with Crippen molar-refractivity contribution in [2.75, 3.05) is 13.2 Å². The van der Waals surface area contributed by atoms with Crippen LogP contribution in [0.2, 0.25) is 0 Å². The Morgan fingerprint density at radius 2 is 0.444 bits per heavy atom. The van der Waals surface area contributed by atoms with Crippen LogP contribution < -0.4 is 0 Å². The molecule has 0 saturated carbocycles. The monoisotopic (exact) mass is 1250 g/mol. The fourth-order valence-corrected chi connectivity index (χ4v) is 11.5. The minimum atomic E-state index is -0.776. The number of carbonyl (C=O) groups is 2. The lowest BCUT2D eigenvalue weighted by Gasteiger charge is -2.15. The highest BCUT2D eigenvalue weighted by Crippen LogP contribution is 2.19. The Labute approximate surface area is 560 Å². The maximum atomic E-state index is 12.4. The zero-order chi connectivity index (χ0) is 64.7. The van der Waals surface area contributed by atoms with Crippen molar-refractivity contribution in [1.82, 2.24) is 0 Å². The Kier molecular flexibility index (Phi) is 76.3.